The van der Waals surface area contributed by atoms with E-state index in [-0.39, 0.29) is 6.04 Å². The molecule has 0 aliphatic rings. The number of thioether (sulfide) groups is 1. The van der Waals surface area contributed by atoms with Crippen molar-refractivity contribution in [3.63, 3.8) is 0 Å². The van der Waals surface area contributed by atoms with Crippen molar-refractivity contribution in [2.24, 2.45) is 5.73 Å². The normalized spacial score (nSPS) is 14.9. The third kappa shape index (κ3) is 5.42. The monoisotopic (exact) mass is 316 g/mol. The molecule has 0 saturated heterocycles. The maximum atomic E-state index is 6.08. The van der Waals surface area contributed by atoms with Crippen LogP contribution in [0, 0.1) is 0 Å². The molecule has 0 radical (unpaired) electrons. The number of nitrogens with two attached hydrogens (primary N) is 1. The van der Waals surface area contributed by atoms with E-state index in [0.29, 0.717) is 5.25 Å². The first kappa shape index (κ1) is 15.0. The van der Waals surface area contributed by atoms with Crippen LogP contribution in [0.4, 0.5) is 0 Å². The van der Waals surface area contributed by atoms with E-state index in [4.69, 9.17) is 5.73 Å². The highest BCUT2D eigenvalue weighted by molar-refractivity contribution is 9.10. The Labute approximate surface area is 117 Å². The fraction of sp³-hybridized carbons (Fsp3) is 0.538. The minimum Gasteiger partial charge on any atom is -0.327 e. The van der Waals surface area contributed by atoms with E-state index in [9.17, 15) is 0 Å². The molecular weight excluding hydrogens is 296 g/mol. The summed E-state index contributed by atoms with van der Waals surface area (Å²) in [5.41, 5.74) is 7.39. The van der Waals surface area contributed by atoms with Crippen molar-refractivity contribution in [2.45, 2.75) is 18.2 Å². The van der Waals surface area contributed by atoms with E-state index in [1.807, 2.05) is 11.8 Å². The van der Waals surface area contributed by atoms with Crippen LogP contribution in [0.25, 0.3) is 0 Å². The molecule has 2 atom stereocenters. The van der Waals surface area contributed by atoms with Gasteiger partial charge in [0.15, 0.2) is 0 Å². The Morgan fingerprint density at radius 1 is 1.29 bits per heavy atom. The Kier molecular flexibility index (Phi) is 6.55. The molecule has 0 heterocycles. The first-order valence-electron chi connectivity index (χ1n) is 5.78. The summed E-state index contributed by atoms with van der Waals surface area (Å²) in [6, 6.07) is 8.64. The topological polar surface area (TPSA) is 29.3 Å². The molecule has 4 heteroatoms. The van der Waals surface area contributed by atoms with Crippen LogP contribution in [0.15, 0.2) is 28.7 Å². The van der Waals surface area contributed by atoms with Crippen molar-refractivity contribution in [1.82, 2.24) is 4.90 Å². The summed E-state index contributed by atoms with van der Waals surface area (Å²) in [6.45, 7) is 3.17. The minimum atomic E-state index is 0.170. The molecule has 0 aliphatic carbocycles. The SMILES string of the molecule is CC(N)C(SCCN(C)C)c1ccc(Br)cc1. The summed E-state index contributed by atoms with van der Waals surface area (Å²) in [5.74, 6) is 1.11. The van der Waals surface area contributed by atoms with Gasteiger partial charge in [-0.25, -0.2) is 0 Å². The van der Waals surface area contributed by atoms with Crippen molar-refractivity contribution in [1.29, 1.82) is 0 Å². The van der Waals surface area contributed by atoms with E-state index >= 15 is 0 Å². The maximum absolute atomic E-state index is 6.08. The zero-order valence-electron chi connectivity index (χ0n) is 10.7. The molecule has 0 spiro atoms. The third-order valence-electron chi connectivity index (χ3n) is 2.51. The second-order valence-corrected chi connectivity index (χ2v) is 6.67. The highest BCUT2D eigenvalue weighted by atomic mass is 79.9. The van der Waals surface area contributed by atoms with Crippen molar-refractivity contribution in [2.75, 3.05) is 26.4 Å². The molecule has 0 fully saturated rings. The zero-order valence-corrected chi connectivity index (χ0v) is 13.1. The van der Waals surface area contributed by atoms with Crippen LogP contribution < -0.4 is 5.73 Å². The number of nitrogens with zero attached hydrogens (tertiary/aromatic N) is 1. The van der Waals surface area contributed by atoms with Crippen LogP contribution in [0.5, 0.6) is 0 Å². The molecule has 2 N–H and O–H groups in total. The lowest BCUT2D eigenvalue weighted by Gasteiger charge is -2.22. The molecule has 0 aliphatic heterocycles. The van der Waals surface area contributed by atoms with Crippen molar-refractivity contribution < 1.29 is 0 Å². The van der Waals surface area contributed by atoms with Crippen LogP contribution in [0.1, 0.15) is 17.7 Å². The van der Waals surface area contributed by atoms with E-state index in [1.165, 1.54) is 5.56 Å². The summed E-state index contributed by atoms with van der Waals surface area (Å²) in [6.07, 6.45) is 0. The molecule has 17 heavy (non-hydrogen) atoms. The van der Waals surface area contributed by atoms with Gasteiger partial charge in [0, 0.05) is 28.1 Å². The fourth-order valence-corrected chi connectivity index (χ4v) is 3.21. The summed E-state index contributed by atoms with van der Waals surface area (Å²) in [7, 11) is 4.20. The predicted molar refractivity (Wildman–Crippen MR) is 81.5 cm³/mol. The van der Waals surface area contributed by atoms with Gasteiger partial charge in [-0.3, -0.25) is 0 Å². The van der Waals surface area contributed by atoms with Crippen molar-refractivity contribution in [3.8, 4) is 0 Å². The predicted octanol–water partition coefficient (Wildman–Crippen LogP) is 3.13. The van der Waals surface area contributed by atoms with Crippen LogP contribution in [-0.2, 0) is 0 Å². The second kappa shape index (κ2) is 7.41. The number of halogens is 1. The molecule has 0 aromatic heterocycles. The van der Waals surface area contributed by atoms with E-state index < -0.39 is 0 Å². The lowest BCUT2D eigenvalue weighted by Crippen LogP contribution is -2.24. The van der Waals surface area contributed by atoms with Gasteiger partial charge >= 0.3 is 0 Å². The highest BCUT2D eigenvalue weighted by Crippen LogP contribution is 2.31. The third-order valence-corrected chi connectivity index (χ3v) is 4.52. The summed E-state index contributed by atoms with van der Waals surface area (Å²) < 4.78 is 1.11. The highest BCUT2D eigenvalue weighted by Gasteiger charge is 2.16. The van der Waals surface area contributed by atoms with Crippen LogP contribution in [-0.4, -0.2) is 37.3 Å². The van der Waals surface area contributed by atoms with Gasteiger partial charge in [0.2, 0.25) is 0 Å². The molecule has 1 aromatic rings. The summed E-state index contributed by atoms with van der Waals surface area (Å²) >= 11 is 5.39. The van der Waals surface area contributed by atoms with Gasteiger partial charge in [-0.1, -0.05) is 28.1 Å². The number of hydrogen-bond donors (Lipinski definition) is 1. The van der Waals surface area contributed by atoms with Crippen molar-refractivity contribution >= 4 is 27.7 Å². The Hall–Kier alpha value is -0.0300. The van der Waals surface area contributed by atoms with E-state index in [2.05, 4.69) is 66.1 Å². The first-order chi connectivity index (χ1) is 8.00. The Morgan fingerprint density at radius 3 is 2.35 bits per heavy atom. The largest absolute Gasteiger partial charge is 0.327 e. The molecule has 2 nitrogen and oxygen atoms in total. The van der Waals surface area contributed by atoms with Crippen LogP contribution in [0.3, 0.4) is 0 Å². The molecule has 96 valence electrons. The van der Waals surface area contributed by atoms with Crippen molar-refractivity contribution in [3.05, 3.63) is 34.3 Å². The summed E-state index contributed by atoms with van der Waals surface area (Å²) in [4.78, 5) is 2.20. The standard InChI is InChI=1S/C13H21BrN2S/c1-10(15)13(17-9-8-16(2)3)11-4-6-12(14)7-5-11/h4-7,10,13H,8-9,15H2,1-3H3. The first-order valence-corrected chi connectivity index (χ1v) is 7.62. The molecule has 0 saturated carbocycles. The lowest BCUT2D eigenvalue weighted by atomic mass is 10.1. The van der Waals surface area contributed by atoms with Gasteiger partial charge < -0.3 is 10.6 Å². The van der Waals surface area contributed by atoms with Gasteiger partial charge in [-0.2, -0.15) is 11.8 Å². The molecule has 0 amide bonds. The average Bonchev–Trinajstić information content (AvgIpc) is 2.25. The zero-order chi connectivity index (χ0) is 12.8. The maximum Gasteiger partial charge on any atom is 0.0446 e. The van der Waals surface area contributed by atoms with Gasteiger partial charge in [-0.05, 0) is 38.7 Å². The Balaban J connectivity index is 2.62. The van der Waals surface area contributed by atoms with Crippen LogP contribution >= 0.6 is 27.7 Å². The smallest absolute Gasteiger partial charge is 0.0446 e. The van der Waals surface area contributed by atoms with E-state index in [1.54, 1.807) is 0 Å². The molecule has 0 bridgehead atoms. The fourth-order valence-electron chi connectivity index (χ4n) is 1.57. The van der Waals surface area contributed by atoms with Gasteiger partial charge in [-0.15, -0.1) is 0 Å². The molecule has 2 unspecified atom stereocenters. The number of benzene rings is 1. The summed E-state index contributed by atoms with van der Waals surface area (Å²) in [5, 5.41) is 0.378. The van der Waals surface area contributed by atoms with Crippen LogP contribution in [0.2, 0.25) is 0 Å². The molecule has 1 aromatic carbocycles. The average molecular weight is 317 g/mol. The Morgan fingerprint density at radius 2 is 1.88 bits per heavy atom. The lowest BCUT2D eigenvalue weighted by molar-refractivity contribution is 0.437. The van der Waals surface area contributed by atoms with Gasteiger partial charge in [0.25, 0.3) is 0 Å². The molecular formula is C13H21BrN2S. The minimum absolute atomic E-state index is 0.170. The van der Waals surface area contributed by atoms with Gasteiger partial charge in [0.05, 0.1) is 0 Å². The second-order valence-electron chi connectivity index (χ2n) is 4.51. The van der Waals surface area contributed by atoms with Gasteiger partial charge in [0.1, 0.15) is 0 Å². The number of rotatable bonds is 6. The molecule has 1 rings (SSSR count). The van der Waals surface area contributed by atoms with E-state index in [0.717, 1.165) is 16.8 Å². The Bertz CT molecular complexity index is 325. The quantitative estimate of drug-likeness (QED) is 0.874. The number of hydrogen-bond acceptors (Lipinski definition) is 3.